The van der Waals surface area contributed by atoms with Gasteiger partial charge in [-0.1, -0.05) is 13.0 Å². The first-order chi connectivity index (χ1) is 8.35. The summed E-state index contributed by atoms with van der Waals surface area (Å²) in [4.78, 5) is 0. The van der Waals surface area contributed by atoms with E-state index in [1.807, 2.05) is 18.2 Å². The topological polar surface area (TPSA) is 26.2 Å². The lowest BCUT2D eigenvalue weighted by Crippen LogP contribution is -2.14. The fraction of sp³-hybridized carbons (Fsp3) is 0.286. The van der Waals surface area contributed by atoms with Crippen LogP contribution in [0.25, 0.3) is 5.69 Å². The molecule has 0 amide bonds. The molecular weight excluding hydrogens is 212 g/mol. The molecule has 3 heteroatoms. The third kappa shape index (κ3) is 2.68. The van der Waals surface area contributed by atoms with Gasteiger partial charge in [-0.05, 0) is 30.8 Å². The van der Waals surface area contributed by atoms with Gasteiger partial charge >= 0.3 is 0 Å². The molecule has 0 bridgehead atoms. The molecular formula is C14H18N2O. The van der Waals surface area contributed by atoms with E-state index >= 15 is 0 Å². The molecule has 0 radical (unpaired) electrons. The molecule has 1 N–H and O–H groups in total. The molecule has 1 heterocycles. The average Bonchev–Trinajstić information content (AvgIpc) is 2.84. The highest BCUT2D eigenvalue weighted by molar-refractivity contribution is 5.41. The van der Waals surface area contributed by atoms with Crippen LogP contribution in [-0.4, -0.2) is 18.2 Å². The Morgan fingerprint density at radius 3 is 2.88 bits per heavy atom. The highest BCUT2D eigenvalue weighted by atomic mass is 16.5. The van der Waals surface area contributed by atoms with Gasteiger partial charge in [0, 0.05) is 30.2 Å². The number of benzene rings is 1. The lowest BCUT2D eigenvalue weighted by molar-refractivity contribution is 0.414. The number of aromatic nitrogens is 1. The van der Waals surface area contributed by atoms with Crippen LogP contribution < -0.4 is 10.1 Å². The number of hydrogen-bond donors (Lipinski definition) is 1. The van der Waals surface area contributed by atoms with Crippen molar-refractivity contribution in [2.24, 2.45) is 0 Å². The summed E-state index contributed by atoms with van der Waals surface area (Å²) < 4.78 is 7.42. The van der Waals surface area contributed by atoms with Crippen LogP contribution in [0.15, 0.2) is 42.6 Å². The Morgan fingerprint density at radius 2 is 2.12 bits per heavy atom. The van der Waals surface area contributed by atoms with Gasteiger partial charge in [0.1, 0.15) is 5.75 Å². The van der Waals surface area contributed by atoms with Gasteiger partial charge in [-0.2, -0.15) is 0 Å². The molecule has 0 spiro atoms. The van der Waals surface area contributed by atoms with Crippen LogP contribution in [0, 0.1) is 0 Å². The summed E-state index contributed by atoms with van der Waals surface area (Å²) >= 11 is 0. The fourth-order valence-electron chi connectivity index (χ4n) is 1.83. The largest absolute Gasteiger partial charge is 0.497 e. The van der Waals surface area contributed by atoms with Gasteiger partial charge in [0.25, 0.3) is 0 Å². The Bertz CT molecular complexity index is 477. The highest BCUT2D eigenvalue weighted by Gasteiger charge is 2.03. The third-order valence-corrected chi connectivity index (χ3v) is 2.72. The molecule has 0 unspecified atom stereocenters. The van der Waals surface area contributed by atoms with Crippen molar-refractivity contribution in [1.82, 2.24) is 9.88 Å². The second-order valence-electron chi connectivity index (χ2n) is 3.85. The predicted molar refractivity (Wildman–Crippen MR) is 69.7 cm³/mol. The molecule has 0 fully saturated rings. The summed E-state index contributed by atoms with van der Waals surface area (Å²) in [6, 6.07) is 12.3. The average molecular weight is 230 g/mol. The Labute approximate surface area is 102 Å². The number of nitrogens with one attached hydrogen (secondary N) is 1. The SMILES string of the molecule is CCNCc1cccn1-c1cccc(OC)c1. The Hall–Kier alpha value is -1.74. The molecule has 0 atom stereocenters. The van der Waals surface area contributed by atoms with Crippen LogP contribution >= 0.6 is 0 Å². The van der Waals surface area contributed by atoms with E-state index in [1.54, 1.807) is 7.11 Å². The van der Waals surface area contributed by atoms with E-state index in [1.165, 1.54) is 5.69 Å². The number of rotatable bonds is 5. The third-order valence-electron chi connectivity index (χ3n) is 2.72. The van der Waals surface area contributed by atoms with Crippen molar-refractivity contribution in [3.8, 4) is 11.4 Å². The fourth-order valence-corrected chi connectivity index (χ4v) is 1.83. The van der Waals surface area contributed by atoms with E-state index < -0.39 is 0 Å². The van der Waals surface area contributed by atoms with E-state index in [0.717, 1.165) is 24.5 Å². The second kappa shape index (κ2) is 5.55. The predicted octanol–water partition coefficient (Wildman–Crippen LogP) is 2.60. The normalized spacial score (nSPS) is 10.5. The minimum absolute atomic E-state index is 0.876. The second-order valence-corrected chi connectivity index (χ2v) is 3.85. The molecule has 0 aliphatic heterocycles. The van der Waals surface area contributed by atoms with E-state index in [2.05, 4.69) is 41.2 Å². The van der Waals surface area contributed by atoms with Crippen molar-refractivity contribution >= 4 is 0 Å². The molecule has 0 saturated heterocycles. The molecule has 1 aromatic carbocycles. The van der Waals surface area contributed by atoms with E-state index in [4.69, 9.17) is 4.74 Å². The Morgan fingerprint density at radius 1 is 1.24 bits per heavy atom. The number of ether oxygens (including phenoxy) is 1. The lowest BCUT2D eigenvalue weighted by atomic mass is 10.3. The van der Waals surface area contributed by atoms with Crippen LogP contribution in [0.4, 0.5) is 0 Å². The monoisotopic (exact) mass is 230 g/mol. The van der Waals surface area contributed by atoms with Gasteiger partial charge in [-0.25, -0.2) is 0 Å². The van der Waals surface area contributed by atoms with Crippen molar-refractivity contribution in [2.45, 2.75) is 13.5 Å². The molecule has 2 rings (SSSR count). The van der Waals surface area contributed by atoms with Gasteiger partial charge in [-0.3, -0.25) is 0 Å². The Kier molecular flexibility index (Phi) is 3.83. The number of methoxy groups -OCH3 is 1. The summed E-state index contributed by atoms with van der Waals surface area (Å²) in [6.45, 7) is 3.96. The van der Waals surface area contributed by atoms with Crippen LogP contribution in [0.3, 0.4) is 0 Å². The van der Waals surface area contributed by atoms with E-state index in [9.17, 15) is 0 Å². The number of hydrogen-bond acceptors (Lipinski definition) is 2. The van der Waals surface area contributed by atoms with E-state index in [0.29, 0.717) is 0 Å². The maximum Gasteiger partial charge on any atom is 0.120 e. The molecule has 0 aliphatic carbocycles. The standard InChI is InChI=1S/C14H18N2O/c1-3-15-11-13-7-5-9-16(13)12-6-4-8-14(10-12)17-2/h4-10,15H,3,11H2,1-2H3. The summed E-state index contributed by atoms with van der Waals surface area (Å²) in [7, 11) is 1.69. The molecule has 2 aromatic rings. The zero-order valence-electron chi connectivity index (χ0n) is 10.3. The maximum absolute atomic E-state index is 5.24. The highest BCUT2D eigenvalue weighted by Crippen LogP contribution is 2.18. The van der Waals surface area contributed by atoms with Crippen LogP contribution in [0.2, 0.25) is 0 Å². The van der Waals surface area contributed by atoms with Gasteiger partial charge in [-0.15, -0.1) is 0 Å². The molecule has 0 aliphatic rings. The molecule has 17 heavy (non-hydrogen) atoms. The van der Waals surface area contributed by atoms with Crippen molar-refractivity contribution in [3.05, 3.63) is 48.3 Å². The summed E-state index contributed by atoms with van der Waals surface area (Å²) in [5.74, 6) is 0.880. The van der Waals surface area contributed by atoms with Gasteiger partial charge in [0.05, 0.1) is 7.11 Å². The first-order valence-electron chi connectivity index (χ1n) is 5.86. The summed E-state index contributed by atoms with van der Waals surface area (Å²) in [5, 5.41) is 3.34. The zero-order chi connectivity index (χ0) is 12.1. The van der Waals surface area contributed by atoms with Crippen molar-refractivity contribution in [1.29, 1.82) is 0 Å². The smallest absolute Gasteiger partial charge is 0.120 e. The van der Waals surface area contributed by atoms with Gasteiger partial charge < -0.3 is 14.6 Å². The van der Waals surface area contributed by atoms with Crippen LogP contribution in [0.1, 0.15) is 12.6 Å². The Balaban J connectivity index is 2.28. The van der Waals surface area contributed by atoms with Crippen LogP contribution in [0.5, 0.6) is 5.75 Å². The quantitative estimate of drug-likeness (QED) is 0.854. The lowest BCUT2D eigenvalue weighted by Gasteiger charge is -2.10. The zero-order valence-corrected chi connectivity index (χ0v) is 10.3. The van der Waals surface area contributed by atoms with E-state index in [-0.39, 0.29) is 0 Å². The number of nitrogens with zero attached hydrogens (tertiary/aromatic N) is 1. The first-order valence-corrected chi connectivity index (χ1v) is 5.86. The van der Waals surface area contributed by atoms with Crippen molar-refractivity contribution in [3.63, 3.8) is 0 Å². The molecule has 0 saturated carbocycles. The van der Waals surface area contributed by atoms with Gasteiger partial charge in [0.15, 0.2) is 0 Å². The summed E-state index contributed by atoms with van der Waals surface area (Å²) in [6.07, 6.45) is 2.07. The van der Waals surface area contributed by atoms with Crippen LogP contribution in [-0.2, 0) is 6.54 Å². The van der Waals surface area contributed by atoms with Gasteiger partial charge in [0.2, 0.25) is 0 Å². The van der Waals surface area contributed by atoms with Crippen molar-refractivity contribution < 1.29 is 4.74 Å². The molecule has 1 aromatic heterocycles. The minimum atomic E-state index is 0.876. The van der Waals surface area contributed by atoms with Crippen molar-refractivity contribution in [2.75, 3.05) is 13.7 Å². The molecule has 90 valence electrons. The minimum Gasteiger partial charge on any atom is -0.497 e. The summed E-state index contributed by atoms with van der Waals surface area (Å²) in [5.41, 5.74) is 2.38. The molecule has 3 nitrogen and oxygen atoms in total. The first kappa shape index (κ1) is 11.7. The maximum atomic E-state index is 5.24.